The molecule has 0 aliphatic heterocycles. The Hall–Kier alpha value is -2.67. The van der Waals surface area contributed by atoms with E-state index >= 15 is 0 Å². The van der Waals surface area contributed by atoms with Crippen molar-refractivity contribution in [1.82, 2.24) is 10.6 Å². The summed E-state index contributed by atoms with van der Waals surface area (Å²) >= 11 is 0. The van der Waals surface area contributed by atoms with Gasteiger partial charge in [0.05, 0.1) is 12.7 Å². The van der Waals surface area contributed by atoms with Crippen molar-refractivity contribution in [3.8, 4) is 0 Å². The number of carbonyl (C=O) groups is 3. The van der Waals surface area contributed by atoms with Crippen LogP contribution in [0.4, 0.5) is 0 Å². The molecule has 0 saturated heterocycles. The third kappa shape index (κ3) is 10.2. The SMILES string of the molecule is C=C(C)/C=C\C(=C/C)C(=O)N/C(=C/C)COC1CCCC(CC(=O)NCC(=O)O)C1. The smallest absolute Gasteiger partial charge is 0.322 e. The fraction of sp³-hybridized carbons (Fsp3) is 0.522. The number of aliphatic carboxylic acids is 1. The molecule has 0 heterocycles. The van der Waals surface area contributed by atoms with Crippen LogP contribution in [-0.2, 0) is 19.1 Å². The standard InChI is InChI=1S/C23H34N2O5/c1-5-18(11-10-16(3)4)23(29)25-19(6-2)15-30-20-9-7-8-17(12-20)13-21(26)24-14-22(27)28/h5-6,10-11,17,20H,3,7-9,12-15H2,1-2,4H3,(H,24,26)(H,25,29)(H,27,28)/b11-10-,18-5+,19-6+. The van der Waals surface area contributed by atoms with Gasteiger partial charge in [0.25, 0.3) is 5.91 Å². The molecule has 0 bridgehead atoms. The minimum Gasteiger partial charge on any atom is -0.480 e. The average Bonchev–Trinajstić information content (AvgIpc) is 2.70. The van der Waals surface area contributed by atoms with E-state index in [1.807, 2.05) is 19.9 Å². The maximum Gasteiger partial charge on any atom is 0.322 e. The van der Waals surface area contributed by atoms with Gasteiger partial charge in [0.2, 0.25) is 5.91 Å². The van der Waals surface area contributed by atoms with Crippen LogP contribution in [0.2, 0.25) is 0 Å². The first kappa shape index (κ1) is 25.4. The van der Waals surface area contributed by atoms with E-state index < -0.39 is 5.97 Å². The van der Waals surface area contributed by atoms with Crippen LogP contribution in [0.3, 0.4) is 0 Å². The zero-order valence-electron chi connectivity index (χ0n) is 18.2. The number of nitrogens with one attached hydrogen (secondary N) is 2. The molecule has 1 rings (SSSR count). The van der Waals surface area contributed by atoms with Crippen molar-refractivity contribution in [2.75, 3.05) is 13.2 Å². The van der Waals surface area contributed by atoms with Gasteiger partial charge in [0.1, 0.15) is 6.54 Å². The van der Waals surface area contributed by atoms with E-state index in [9.17, 15) is 14.4 Å². The van der Waals surface area contributed by atoms with Gasteiger partial charge >= 0.3 is 5.97 Å². The second-order valence-corrected chi connectivity index (χ2v) is 7.53. The minimum atomic E-state index is -1.05. The van der Waals surface area contributed by atoms with E-state index in [1.165, 1.54) is 0 Å². The molecular weight excluding hydrogens is 384 g/mol. The monoisotopic (exact) mass is 418 g/mol. The number of rotatable bonds is 11. The van der Waals surface area contributed by atoms with Crippen LogP contribution in [-0.4, -0.2) is 42.1 Å². The number of carboxylic acids is 1. The highest BCUT2D eigenvalue weighted by Gasteiger charge is 2.25. The Morgan fingerprint density at radius 2 is 1.90 bits per heavy atom. The van der Waals surface area contributed by atoms with Crippen LogP contribution >= 0.6 is 0 Å². The summed E-state index contributed by atoms with van der Waals surface area (Å²) in [6.45, 7) is 9.23. The fourth-order valence-corrected chi connectivity index (χ4v) is 3.24. The Bertz CT molecular complexity index is 721. The summed E-state index contributed by atoms with van der Waals surface area (Å²) in [7, 11) is 0. The van der Waals surface area contributed by atoms with E-state index in [2.05, 4.69) is 17.2 Å². The third-order valence-electron chi connectivity index (χ3n) is 4.86. The number of carboxylic acid groups (broad SMARTS) is 1. The molecule has 7 heteroatoms. The fourth-order valence-electron chi connectivity index (χ4n) is 3.24. The first-order chi connectivity index (χ1) is 14.2. The molecule has 3 N–H and O–H groups in total. The van der Waals surface area contributed by atoms with Gasteiger partial charge in [0.15, 0.2) is 0 Å². The van der Waals surface area contributed by atoms with Crippen molar-refractivity contribution in [3.63, 3.8) is 0 Å². The summed E-state index contributed by atoms with van der Waals surface area (Å²) < 4.78 is 6.00. The molecule has 1 fully saturated rings. The molecule has 1 saturated carbocycles. The molecule has 2 amide bonds. The lowest BCUT2D eigenvalue weighted by atomic mass is 9.85. The molecule has 1 aliphatic carbocycles. The Morgan fingerprint density at radius 3 is 2.50 bits per heavy atom. The van der Waals surface area contributed by atoms with Gasteiger partial charge in [-0.1, -0.05) is 36.8 Å². The van der Waals surface area contributed by atoms with Crippen LogP contribution in [0.1, 0.15) is 52.9 Å². The molecule has 0 aromatic heterocycles. The van der Waals surface area contributed by atoms with Gasteiger partial charge in [-0.05, 0) is 52.0 Å². The second kappa shape index (κ2) is 13.5. The highest BCUT2D eigenvalue weighted by molar-refractivity contribution is 5.97. The predicted molar refractivity (Wildman–Crippen MR) is 117 cm³/mol. The number of ether oxygens (including phenoxy) is 1. The Balaban J connectivity index is 2.50. The van der Waals surface area contributed by atoms with E-state index in [1.54, 1.807) is 25.2 Å². The molecule has 30 heavy (non-hydrogen) atoms. The Labute approximate surface area is 178 Å². The summed E-state index contributed by atoms with van der Waals surface area (Å²) in [6, 6.07) is 0. The van der Waals surface area contributed by atoms with Crippen molar-refractivity contribution in [2.24, 2.45) is 5.92 Å². The molecule has 2 unspecified atom stereocenters. The molecule has 7 nitrogen and oxygen atoms in total. The largest absolute Gasteiger partial charge is 0.480 e. The normalized spacial score (nSPS) is 20.1. The molecular formula is C23H34N2O5. The average molecular weight is 419 g/mol. The van der Waals surface area contributed by atoms with Crippen molar-refractivity contribution in [2.45, 2.75) is 59.0 Å². The summed E-state index contributed by atoms with van der Waals surface area (Å²) in [5.74, 6) is -1.33. The van der Waals surface area contributed by atoms with Crippen molar-refractivity contribution in [1.29, 1.82) is 0 Å². The number of amides is 2. The van der Waals surface area contributed by atoms with E-state index in [-0.39, 0.29) is 37.0 Å². The van der Waals surface area contributed by atoms with Crippen molar-refractivity contribution in [3.05, 3.63) is 47.7 Å². The van der Waals surface area contributed by atoms with E-state index in [0.717, 1.165) is 31.3 Å². The second-order valence-electron chi connectivity index (χ2n) is 7.53. The van der Waals surface area contributed by atoms with Crippen LogP contribution in [0.15, 0.2) is 47.7 Å². The van der Waals surface area contributed by atoms with Crippen molar-refractivity contribution >= 4 is 17.8 Å². The maximum atomic E-state index is 12.4. The Morgan fingerprint density at radius 1 is 1.17 bits per heavy atom. The highest BCUT2D eigenvalue weighted by atomic mass is 16.5. The van der Waals surface area contributed by atoms with Gasteiger partial charge in [0, 0.05) is 17.7 Å². The van der Waals surface area contributed by atoms with E-state index in [0.29, 0.717) is 17.7 Å². The maximum absolute atomic E-state index is 12.4. The topological polar surface area (TPSA) is 105 Å². The molecule has 0 radical (unpaired) electrons. The minimum absolute atomic E-state index is 0.00683. The Kier molecular flexibility index (Phi) is 11.4. The first-order valence-corrected chi connectivity index (χ1v) is 10.3. The van der Waals surface area contributed by atoms with E-state index in [4.69, 9.17) is 9.84 Å². The number of allylic oxidation sites excluding steroid dienone is 4. The van der Waals surface area contributed by atoms with Gasteiger partial charge in [-0.15, -0.1) is 0 Å². The van der Waals surface area contributed by atoms with Gasteiger partial charge in [-0.2, -0.15) is 0 Å². The van der Waals surface area contributed by atoms with Gasteiger partial charge < -0.3 is 20.5 Å². The summed E-state index contributed by atoms with van der Waals surface area (Å²) in [4.78, 5) is 34.9. The number of hydrogen-bond donors (Lipinski definition) is 3. The molecule has 166 valence electrons. The molecule has 2 atom stereocenters. The van der Waals surface area contributed by atoms with Crippen LogP contribution < -0.4 is 10.6 Å². The highest BCUT2D eigenvalue weighted by Crippen LogP contribution is 2.28. The molecule has 0 spiro atoms. The molecule has 1 aliphatic rings. The van der Waals surface area contributed by atoms with Crippen LogP contribution in [0, 0.1) is 5.92 Å². The lowest BCUT2D eigenvalue weighted by Gasteiger charge is -2.29. The summed E-state index contributed by atoms with van der Waals surface area (Å²) in [5.41, 5.74) is 2.09. The first-order valence-electron chi connectivity index (χ1n) is 10.3. The van der Waals surface area contributed by atoms with Gasteiger partial charge in [-0.25, -0.2) is 0 Å². The molecule has 0 aromatic rings. The number of carbonyl (C=O) groups excluding carboxylic acids is 2. The van der Waals surface area contributed by atoms with Gasteiger partial charge in [-0.3, -0.25) is 14.4 Å². The van der Waals surface area contributed by atoms with Crippen molar-refractivity contribution < 1.29 is 24.2 Å². The zero-order chi connectivity index (χ0) is 22.5. The summed E-state index contributed by atoms with van der Waals surface area (Å²) in [5, 5.41) is 13.9. The lowest BCUT2D eigenvalue weighted by Crippen LogP contribution is -2.33. The third-order valence-corrected chi connectivity index (χ3v) is 4.86. The zero-order valence-corrected chi connectivity index (χ0v) is 18.2. The van der Waals surface area contributed by atoms with Crippen LogP contribution in [0.25, 0.3) is 0 Å². The number of hydrogen-bond acceptors (Lipinski definition) is 4. The lowest BCUT2D eigenvalue weighted by molar-refractivity contribution is -0.138. The molecule has 0 aromatic carbocycles. The summed E-state index contributed by atoms with van der Waals surface area (Å²) in [6.07, 6.45) is 10.9. The predicted octanol–water partition coefficient (Wildman–Crippen LogP) is 3.25. The van der Waals surface area contributed by atoms with Crippen LogP contribution in [0.5, 0.6) is 0 Å². The quantitative estimate of drug-likeness (QED) is 0.353.